The summed E-state index contributed by atoms with van der Waals surface area (Å²) < 4.78 is 56.9. The van der Waals surface area contributed by atoms with E-state index in [2.05, 4.69) is 37.2 Å². The minimum Gasteiger partial charge on any atom is -0.478 e. The topological polar surface area (TPSA) is 513 Å². The fourth-order valence-electron chi connectivity index (χ4n) is 8.90. The summed E-state index contributed by atoms with van der Waals surface area (Å²) in [5.74, 6) is -5.71. The lowest BCUT2D eigenvalue weighted by atomic mass is 9.92. The molecule has 4 aliphatic rings. The fraction of sp³-hybridized carbons (Fsp3) is 0.712. The average molecular weight is 1230 g/mol. The molecule has 2 aliphatic carbocycles. The summed E-state index contributed by atoms with van der Waals surface area (Å²) in [4.78, 5) is 99.0. The fourth-order valence-corrected chi connectivity index (χ4v) is 8.90. The Bertz CT molecular complexity index is 2270. The Morgan fingerprint density at radius 3 is 1.34 bits per heavy atom. The van der Waals surface area contributed by atoms with E-state index in [-0.39, 0.29) is 117 Å². The number of aliphatic carboxylic acids is 2. The number of carboxylic acids is 2. The maximum atomic E-state index is 13.6. The van der Waals surface area contributed by atoms with Crippen LogP contribution >= 0.6 is 0 Å². The zero-order valence-corrected chi connectivity index (χ0v) is 48.0. The van der Waals surface area contributed by atoms with E-state index in [1.807, 2.05) is 0 Å². The summed E-state index contributed by atoms with van der Waals surface area (Å²) in [5.41, 5.74) is 19.3. The van der Waals surface area contributed by atoms with Gasteiger partial charge in [0.05, 0.1) is 116 Å². The molecule has 2 saturated carbocycles. The predicted molar refractivity (Wildman–Crippen MR) is 296 cm³/mol. The van der Waals surface area contributed by atoms with Gasteiger partial charge in [-0.15, -0.1) is 6.42 Å². The van der Waals surface area contributed by atoms with Crippen molar-refractivity contribution in [2.75, 3.05) is 119 Å². The van der Waals surface area contributed by atoms with Crippen molar-refractivity contribution >= 4 is 53.4 Å². The van der Waals surface area contributed by atoms with E-state index >= 15 is 0 Å². The van der Waals surface area contributed by atoms with Gasteiger partial charge in [-0.25, -0.2) is 19.6 Å². The van der Waals surface area contributed by atoms with Gasteiger partial charge in [0.15, 0.2) is 24.1 Å². The van der Waals surface area contributed by atoms with E-state index in [4.69, 9.17) is 76.7 Å². The highest BCUT2D eigenvalue weighted by atomic mass is 16.6. The number of amides is 5. The Kier molecular flexibility index (Phi) is 30.1. The number of guanidine groups is 2. The minimum absolute atomic E-state index is 0.00874. The number of carbonyl (C=O) groups is 7. The molecule has 18 N–H and O–H groups in total. The molecule has 86 heavy (non-hydrogen) atoms. The van der Waals surface area contributed by atoms with Crippen LogP contribution in [0.5, 0.6) is 0 Å². The highest BCUT2D eigenvalue weighted by molar-refractivity contribution is 5.89. The zero-order chi connectivity index (χ0) is 63.4. The first-order valence-electron chi connectivity index (χ1n) is 27.6. The highest BCUT2D eigenvalue weighted by Crippen LogP contribution is 2.44. The molecule has 2 heterocycles. The number of carbonyl (C=O) groups excluding carboxylic acids is 5. The number of nitrogens with zero attached hydrogens (tertiary/aromatic N) is 3. The van der Waals surface area contributed by atoms with Crippen LogP contribution in [-0.4, -0.2) is 280 Å². The van der Waals surface area contributed by atoms with Crippen LogP contribution in [0.4, 0.5) is 0 Å². The van der Waals surface area contributed by atoms with E-state index in [0.717, 1.165) is 12.2 Å². The second-order valence-corrected chi connectivity index (χ2v) is 20.0. The molecule has 2 aliphatic heterocycles. The lowest BCUT2D eigenvalue weighted by Gasteiger charge is -2.41. The van der Waals surface area contributed by atoms with Crippen molar-refractivity contribution < 1.29 is 112 Å². The third-order valence-corrected chi connectivity index (χ3v) is 13.3. The molecule has 34 nitrogen and oxygen atoms in total. The van der Waals surface area contributed by atoms with Crippen molar-refractivity contribution in [2.24, 2.45) is 32.9 Å². The second kappa shape index (κ2) is 36.2. The minimum atomic E-state index is -1.75. The number of nitrogens with two attached hydrogens (primary N) is 4. The van der Waals surface area contributed by atoms with Gasteiger partial charge in [0, 0.05) is 40.0 Å². The van der Waals surface area contributed by atoms with Crippen LogP contribution in [0, 0.1) is 12.3 Å². The smallest absolute Gasteiger partial charge is 0.370 e. The molecular formula is C52H83N11O23. The van der Waals surface area contributed by atoms with Gasteiger partial charge in [0.25, 0.3) is 11.8 Å². The lowest BCUT2D eigenvalue weighted by molar-refractivity contribution is -0.178. The number of nitrogens with one attached hydrogen (secondary N) is 4. The number of aliphatic imine (C=N–C) groups is 2. The summed E-state index contributed by atoms with van der Waals surface area (Å²) in [6.45, 7) is 2.40. The second-order valence-electron chi connectivity index (χ2n) is 20.0. The van der Waals surface area contributed by atoms with Gasteiger partial charge >= 0.3 is 11.9 Å². The van der Waals surface area contributed by atoms with Gasteiger partial charge in [0.2, 0.25) is 29.2 Å². The predicted octanol–water partition coefficient (Wildman–Crippen LogP) is -7.26. The third kappa shape index (κ3) is 23.3. The van der Waals surface area contributed by atoms with E-state index in [1.165, 1.54) is 18.7 Å². The van der Waals surface area contributed by atoms with Gasteiger partial charge in [-0.05, 0) is 37.8 Å². The molecule has 34 heteroatoms. The molecule has 0 aromatic carbocycles. The van der Waals surface area contributed by atoms with Crippen LogP contribution in [0.1, 0.15) is 46.0 Å². The van der Waals surface area contributed by atoms with Gasteiger partial charge in [-0.2, -0.15) is 0 Å². The molecule has 2 fully saturated rings. The standard InChI is InChI=1S/C52H83N11O23/c1-4-14-77-20-22-81-24-25-82-23-21-78-15-5-38(70)63(12-18-79-16-10-57-47(75)51(6-7-51)85-41(34(68)28-64)43-39(59-30(2)66)32(61-49(53)54)26-36(83-43)45(71)72)13-19-80-17-11-58-48(76)52(8-9-52)86-42(35(69)29-65)44-40(60-31(3)67)33(62-50(55)56)27-37(84-44)46(73)74/h1,26-27,32-35,39-44,64-65,68-69H,5-25,28-29H2,2-3H3,(H,57,75)(H,58,76)(H,59,66)(H,60,67)(H,71,72)(H,73,74)(H4,53,54,61)(H4,55,56,62)/t32-,33-,34+,35+,39+,40+,41+,42+,43?,44?/m0/s1. The first-order chi connectivity index (χ1) is 41.0. The van der Waals surface area contributed by atoms with Gasteiger partial charge in [-0.3, -0.25) is 24.0 Å². The van der Waals surface area contributed by atoms with Crippen LogP contribution in [-0.2, 0) is 80.9 Å². The number of hydrogen-bond acceptors (Lipinski definition) is 23. The molecule has 0 spiro atoms. The molecule has 10 atom stereocenters. The van der Waals surface area contributed by atoms with Crippen molar-refractivity contribution in [1.82, 2.24) is 26.2 Å². The summed E-state index contributed by atoms with van der Waals surface area (Å²) in [6.07, 6.45) is -1.95. The lowest BCUT2D eigenvalue weighted by Crippen LogP contribution is -2.61. The maximum absolute atomic E-state index is 13.6. The quantitative estimate of drug-likeness (QED) is 0.0117. The van der Waals surface area contributed by atoms with Crippen molar-refractivity contribution in [1.29, 1.82) is 0 Å². The number of hydrogen-bond donors (Lipinski definition) is 14. The van der Waals surface area contributed by atoms with E-state index in [1.54, 1.807) is 0 Å². The largest absolute Gasteiger partial charge is 0.478 e. The van der Waals surface area contributed by atoms with Crippen molar-refractivity contribution in [2.45, 2.75) is 118 Å². The third-order valence-electron chi connectivity index (χ3n) is 13.3. The number of terminal acetylenes is 1. The van der Waals surface area contributed by atoms with Crippen molar-refractivity contribution in [3.63, 3.8) is 0 Å². The Morgan fingerprint density at radius 2 is 1.00 bits per heavy atom. The molecule has 4 rings (SSSR count). The molecule has 0 bridgehead atoms. The molecule has 5 amide bonds. The van der Waals surface area contributed by atoms with Crippen LogP contribution in [0.15, 0.2) is 33.7 Å². The number of ether oxygens (including phenoxy) is 10. The van der Waals surface area contributed by atoms with E-state index in [9.17, 15) is 64.2 Å². The molecule has 484 valence electrons. The number of aliphatic hydroxyl groups excluding tert-OH is 4. The van der Waals surface area contributed by atoms with Crippen LogP contribution in [0.2, 0.25) is 0 Å². The number of carboxylic acid groups (broad SMARTS) is 2. The van der Waals surface area contributed by atoms with Crippen LogP contribution in [0.25, 0.3) is 0 Å². The molecular weight excluding hydrogens is 1150 g/mol. The van der Waals surface area contributed by atoms with E-state index in [0.29, 0.717) is 26.4 Å². The Morgan fingerprint density at radius 1 is 0.628 bits per heavy atom. The molecule has 2 unspecified atom stereocenters. The summed E-state index contributed by atoms with van der Waals surface area (Å²) >= 11 is 0. The van der Waals surface area contributed by atoms with Gasteiger partial charge in [0.1, 0.15) is 42.2 Å². The monoisotopic (exact) mass is 1230 g/mol. The summed E-state index contributed by atoms with van der Waals surface area (Å²) in [6, 6.07) is -4.91. The normalized spacial score (nSPS) is 22.0. The highest BCUT2D eigenvalue weighted by Gasteiger charge is 2.58. The maximum Gasteiger partial charge on any atom is 0.370 e. The van der Waals surface area contributed by atoms with Crippen molar-refractivity contribution in [3.05, 3.63) is 23.7 Å². The van der Waals surface area contributed by atoms with Gasteiger partial charge in [-0.1, -0.05) is 5.92 Å². The van der Waals surface area contributed by atoms with Gasteiger partial charge < -0.3 is 127 Å². The summed E-state index contributed by atoms with van der Waals surface area (Å²) in [5, 5.41) is 72.2. The first-order valence-corrected chi connectivity index (χ1v) is 27.6. The van der Waals surface area contributed by atoms with Crippen molar-refractivity contribution in [3.8, 4) is 12.3 Å². The number of aliphatic hydroxyl groups is 4. The Labute approximate surface area is 495 Å². The zero-order valence-electron chi connectivity index (χ0n) is 48.0. The average Bonchev–Trinajstić information content (AvgIpc) is 2.13. The molecule has 0 saturated heterocycles. The Balaban J connectivity index is 1.32. The molecule has 0 radical (unpaired) electrons. The van der Waals surface area contributed by atoms with Crippen LogP contribution < -0.4 is 44.2 Å². The Hall–Kier alpha value is -7.01. The molecule has 0 aromatic rings. The summed E-state index contributed by atoms with van der Waals surface area (Å²) in [7, 11) is 0. The first kappa shape index (κ1) is 71.5. The van der Waals surface area contributed by atoms with E-state index < -0.39 is 144 Å². The van der Waals surface area contributed by atoms with Crippen LogP contribution in [0.3, 0.4) is 0 Å². The molecule has 0 aromatic heterocycles. The number of rotatable bonds is 43. The SMILES string of the molecule is C#CCOCCOCCOCCOCCC(=O)N(CCOCCNC(=O)C1(O[C@@H](C2OC(C(=O)O)=C[C@H](N=C(N)N)[C@H]2NC(C)=O)[C@H](O)CO)CC1)CCOCCNC(=O)C1(O[C@@H](C2OC(C(=O)O)=C[C@H](N=C(N)N)[C@H]2NC(C)=O)[C@H](O)CO)CC1.